The van der Waals surface area contributed by atoms with Gasteiger partial charge in [0.15, 0.2) is 0 Å². The summed E-state index contributed by atoms with van der Waals surface area (Å²) in [5.74, 6) is -0.748. The first-order chi connectivity index (χ1) is 8.92. The van der Waals surface area contributed by atoms with Crippen LogP contribution in [0.1, 0.15) is 19.8 Å². The summed E-state index contributed by atoms with van der Waals surface area (Å²) in [6.45, 7) is 2.19. The topological polar surface area (TPSA) is 81.4 Å². The van der Waals surface area contributed by atoms with Gasteiger partial charge in [0, 0.05) is 13.2 Å². The summed E-state index contributed by atoms with van der Waals surface area (Å²) in [6.07, 6.45) is 1.43. The number of benzene rings is 1. The summed E-state index contributed by atoms with van der Waals surface area (Å²) >= 11 is 0. The zero-order chi connectivity index (χ0) is 14.5. The lowest BCUT2D eigenvalue weighted by Gasteiger charge is -2.18. The van der Waals surface area contributed by atoms with Gasteiger partial charge in [-0.3, -0.25) is 0 Å². The zero-order valence-electron chi connectivity index (χ0n) is 11.0. The van der Waals surface area contributed by atoms with Gasteiger partial charge in [-0.2, -0.15) is 0 Å². The molecule has 0 aliphatic rings. The van der Waals surface area contributed by atoms with Crippen LogP contribution in [-0.2, 0) is 14.8 Å². The Labute approximate surface area is 113 Å². The number of rotatable bonds is 7. The lowest BCUT2D eigenvalue weighted by Crippen LogP contribution is -2.38. The predicted molar refractivity (Wildman–Crippen MR) is 71.7 cm³/mol. The minimum absolute atomic E-state index is 0.246. The van der Waals surface area contributed by atoms with Gasteiger partial charge in [-0.15, -0.1) is 0 Å². The molecular weight excluding hydrogens is 271 g/mol. The number of ether oxygens (including phenoxy) is 1. The van der Waals surface area contributed by atoms with Crippen LogP contribution in [0.5, 0.6) is 0 Å². The minimum Gasteiger partial charge on any atom is -0.395 e. The summed E-state index contributed by atoms with van der Waals surface area (Å²) in [6, 6.07) is 3.34. The summed E-state index contributed by atoms with van der Waals surface area (Å²) < 4.78 is 45.0. The normalized spacial score (nSPS) is 13.4. The van der Waals surface area contributed by atoms with Crippen LogP contribution in [0, 0.1) is 5.82 Å². The average Bonchev–Trinajstić information content (AvgIpc) is 2.32. The molecule has 0 fully saturated rings. The Hall–Kier alpha value is -1.18. The molecule has 0 aromatic heterocycles. The number of nitrogen functional groups attached to an aromatic ring is 1. The van der Waals surface area contributed by atoms with Crippen molar-refractivity contribution in [1.82, 2.24) is 4.72 Å². The largest absolute Gasteiger partial charge is 0.395 e. The van der Waals surface area contributed by atoms with Crippen LogP contribution in [0.25, 0.3) is 0 Å². The van der Waals surface area contributed by atoms with Crippen molar-refractivity contribution < 1.29 is 17.5 Å². The van der Waals surface area contributed by atoms with Crippen molar-refractivity contribution in [2.45, 2.75) is 30.7 Å². The molecule has 1 aromatic rings. The van der Waals surface area contributed by atoms with E-state index in [0.717, 1.165) is 12.5 Å². The zero-order valence-corrected chi connectivity index (χ0v) is 11.8. The maximum Gasteiger partial charge on any atom is 0.243 e. The molecule has 0 aliphatic heterocycles. The van der Waals surface area contributed by atoms with Crippen LogP contribution in [0.4, 0.5) is 10.1 Å². The molecule has 5 nitrogen and oxygen atoms in total. The third-order valence-corrected chi connectivity index (χ3v) is 4.21. The van der Waals surface area contributed by atoms with E-state index in [1.165, 1.54) is 19.2 Å². The minimum atomic E-state index is -3.85. The quantitative estimate of drug-likeness (QED) is 0.746. The van der Waals surface area contributed by atoms with E-state index < -0.39 is 15.8 Å². The number of hydrogen-bond donors (Lipinski definition) is 2. The molecule has 0 saturated heterocycles. The van der Waals surface area contributed by atoms with E-state index in [0.29, 0.717) is 6.42 Å². The molecule has 0 bridgehead atoms. The van der Waals surface area contributed by atoms with Crippen molar-refractivity contribution >= 4 is 15.7 Å². The first kappa shape index (κ1) is 15.9. The van der Waals surface area contributed by atoms with Gasteiger partial charge in [0.05, 0.1) is 12.3 Å². The maximum absolute atomic E-state index is 13.3. The van der Waals surface area contributed by atoms with Crippen LogP contribution in [0.3, 0.4) is 0 Å². The SMILES string of the molecule is CCCC(COC)NS(=O)(=O)c1cccc(F)c1N. The summed E-state index contributed by atoms with van der Waals surface area (Å²) in [4.78, 5) is -0.246. The molecule has 7 heteroatoms. The molecule has 1 aromatic carbocycles. The van der Waals surface area contributed by atoms with E-state index in [1.54, 1.807) is 0 Å². The molecule has 1 unspecified atom stereocenters. The summed E-state index contributed by atoms with van der Waals surface area (Å²) in [7, 11) is -2.36. The first-order valence-corrected chi connectivity index (χ1v) is 7.46. The Morgan fingerprint density at radius 2 is 2.16 bits per heavy atom. The van der Waals surface area contributed by atoms with Crippen LogP contribution >= 0.6 is 0 Å². The second kappa shape index (κ2) is 6.83. The predicted octanol–water partition coefficient (Wildman–Crippen LogP) is 1.50. The lowest BCUT2D eigenvalue weighted by molar-refractivity contribution is 0.171. The summed E-state index contributed by atoms with van der Waals surface area (Å²) in [5, 5.41) is 0. The highest BCUT2D eigenvalue weighted by Crippen LogP contribution is 2.21. The van der Waals surface area contributed by atoms with Crippen LogP contribution < -0.4 is 10.5 Å². The summed E-state index contributed by atoms with van der Waals surface area (Å²) in [5.41, 5.74) is 5.09. The second-order valence-corrected chi connectivity index (χ2v) is 5.90. The highest BCUT2D eigenvalue weighted by molar-refractivity contribution is 7.89. The molecule has 3 N–H and O–H groups in total. The molecule has 19 heavy (non-hydrogen) atoms. The van der Waals surface area contributed by atoms with E-state index in [1.807, 2.05) is 6.92 Å². The Bertz CT molecular complexity index is 514. The van der Waals surface area contributed by atoms with Gasteiger partial charge in [0.2, 0.25) is 10.0 Å². The van der Waals surface area contributed by atoms with Gasteiger partial charge >= 0.3 is 0 Å². The monoisotopic (exact) mass is 290 g/mol. The first-order valence-electron chi connectivity index (χ1n) is 5.97. The maximum atomic E-state index is 13.3. The highest BCUT2D eigenvalue weighted by atomic mass is 32.2. The van der Waals surface area contributed by atoms with Crippen molar-refractivity contribution in [2.75, 3.05) is 19.5 Å². The van der Waals surface area contributed by atoms with E-state index >= 15 is 0 Å². The Balaban J connectivity index is 3.00. The fraction of sp³-hybridized carbons (Fsp3) is 0.500. The van der Waals surface area contributed by atoms with E-state index in [-0.39, 0.29) is 23.2 Å². The van der Waals surface area contributed by atoms with Crippen LogP contribution in [-0.4, -0.2) is 28.2 Å². The number of nitrogens with one attached hydrogen (secondary N) is 1. The van der Waals surface area contributed by atoms with Crippen molar-refractivity contribution in [2.24, 2.45) is 0 Å². The molecule has 0 radical (unpaired) electrons. The van der Waals surface area contributed by atoms with Crippen LogP contribution in [0.2, 0.25) is 0 Å². The van der Waals surface area contributed by atoms with Gasteiger partial charge < -0.3 is 10.5 Å². The number of hydrogen-bond acceptors (Lipinski definition) is 4. The van der Waals surface area contributed by atoms with Gasteiger partial charge in [-0.1, -0.05) is 19.4 Å². The Morgan fingerprint density at radius 1 is 1.47 bits per heavy atom. The third kappa shape index (κ3) is 4.15. The standard InChI is InChI=1S/C12H19FN2O3S/c1-3-5-9(8-18-2)15-19(16,17)11-7-4-6-10(13)12(11)14/h4,6-7,9,15H,3,5,8,14H2,1-2H3. The lowest BCUT2D eigenvalue weighted by atomic mass is 10.2. The van der Waals surface area contributed by atoms with Gasteiger partial charge in [0.1, 0.15) is 10.7 Å². The number of methoxy groups -OCH3 is 1. The van der Waals surface area contributed by atoms with Gasteiger partial charge in [-0.25, -0.2) is 17.5 Å². The average molecular weight is 290 g/mol. The third-order valence-electron chi connectivity index (χ3n) is 2.63. The van der Waals surface area contributed by atoms with E-state index in [4.69, 9.17) is 10.5 Å². The molecule has 0 aliphatic carbocycles. The van der Waals surface area contributed by atoms with Crippen LogP contribution in [0.15, 0.2) is 23.1 Å². The van der Waals surface area contributed by atoms with Gasteiger partial charge in [-0.05, 0) is 18.6 Å². The Kier molecular flexibility index (Phi) is 5.71. The fourth-order valence-corrected chi connectivity index (χ4v) is 3.16. The van der Waals surface area contributed by atoms with Crippen molar-refractivity contribution in [3.8, 4) is 0 Å². The molecule has 0 amide bonds. The number of anilines is 1. The number of halogens is 1. The molecular formula is C12H19FN2O3S. The highest BCUT2D eigenvalue weighted by Gasteiger charge is 2.23. The molecule has 0 spiro atoms. The molecule has 108 valence electrons. The number of sulfonamides is 1. The van der Waals surface area contributed by atoms with Crippen molar-refractivity contribution in [3.63, 3.8) is 0 Å². The van der Waals surface area contributed by atoms with Crippen molar-refractivity contribution in [1.29, 1.82) is 0 Å². The number of para-hydroxylation sites is 1. The van der Waals surface area contributed by atoms with E-state index in [9.17, 15) is 12.8 Å². The molecule has 0 heterocycles. The second-order valence-electron chi connectivity index (χ2n) is 4.21. The Morgan fingerprint density at radius 3 is 2.74 bits per heavy atom. The fourth-order valence-electron chi connectivity index (χ4n) is 1.76. The molecule has 1 rings (SSSR count). The number of nitrogens with two attached hydrogens (primary N) is 1. The van der Waals surface area contributed by atoms with Gasteiger partial charge in [0.25, 0.3) is 0 Å². The van der Waals surface area contributed by atoms with E-state index in [2.05, 4.69) is 4.72 Å². The smallest absolute Gasteiger partial charge is 0.243 e. The van der Waals surface area contributed by atoms with Crippen molar-refractivity contribution in [3.05, 3.63) is 24.0 Å². The molecule has 0 saturated carbocycles. The molecule has 1 atom stereocenters.